The van der Waals surface area contributed by atoms with Gasteiger partial charge in [-0.3, -0.25) is 10.1 Å². The van der Waals surface area contributed by atoms with E-state index < -0.39 is 28.8 Å². The zero-order valence-electron chi connectivity index (χ0n) is 9.79. The largest absolute Gasteiger partial charge is 0.341 e. The molecular formula is C11H12F2N2O2S. The SMILES string of the molecule is CNC(=O)NC(=O)C(C)Sc1cc(F)ccc1F. The number of amides is 3. The van der Waals surface area contributed by atoms with Gasteiger partial charge in [-0.15, -0.1) is 11.8 Å². The van der Waals surface area contributed by atoms with Crippen LogP contribution in [0.3, 0.4) is 0 Å². The molecule has 0 aromatic heterocycles. The number of hydrogen-bond donors (Lipinski definition) is 2. The zero-order chi connectivity index (χ0) is 13.7. The van der Waals surface area contributed by atoms with Crippen molar-refractivity contribution >= 4 is 23.7 Å². The molecule has 1 aromatic rings. The van der Waals surface area contributed by atoms with Crippen LogP contribution in [0, 0.1) is 11.6 Å². The van der Waals surface area contributed by atoms with Gasteiger partial charge < -0.3 is 5.32 Å². The number of rotatable bonds is 3. The van der Waals surface area contributed by atoms with Gasteiger partial charge in [0, 0.05) is 11.9 Å². The van der Waals surface area contributed by atoms with Gasteiger partial charge in [-0.25, -0.2) is 13.6 Å². The molecule has 1 unspecified atom stereocenters. The fourth-order valence-electron chi connectivity index (χ4n) is 1.09. The summed E-state index contributed by atoms with van der Waals surface area (Å²) in [5, 5.41) is 3.56. The van der Waals surface area contributed by atoms with Crippen molar-refractivity contribution < 1.29 is 18.4 Å². The third kappa shape index (κ3) is 3.99. The molecule has 7 heteroatoms. The minimum absolute atomic E-state index is 0.0227. The van der Waals surface area contributed by atoms with Crippen LogP contribution in [0.15, 0.2) is 23.1 Å². The van der Waals surface area contributed by atoms with Crippen LogP contribution in [-0.2, 0) is 4.79 Å². The molecule has 0 saturated heterocycles. The van der Waals surface area contributed by atoms with Gasteiger partial charge in [0.25, 0.3) is 0 Å². The van der Waals surface area contributed by atoms with E-state index in [4.69, 9.17) is 0 Å². The van der Waals surface area contributed by atoms with Gasteiger partial charge in [0.05, 0.1) is 5.25 Å². The first-order valence-corrected chi connectivity index (χ1v) is 5.96. The summed E-state index contributed by atoms with van der Waals surface area (Å²) < 4.78 is 26.2. The lowest BCUT2D eigenvalue weighted by Gasteiger charge is -2.11. The Bertz CT molecular complexity index is 468. The third-order valence-electron chi connectivity index (χ3n) is 2.03. The van der Waals surface area contributed by atoms with E-state index in [0.717, 1.165) is 30.0 Å². The summed E-state index contributed by atoms with van der Waals surface area (Å²) in [5.74, 6) is -1.78. The quantitative estimate of drug-likeness (QED) is 0.828. The highest BCUT2D eigenvalue weighted by Gasteiger charge is 2.18. The molecule has 18 heavy (non-hydrogen) atoms. The molecule has 0 aliphatic heterocycles. The second-order valence-electron chi connectivity index (χ2n) is 3.40. The van der Waals surface area contributed by atoms with Gasteiger partial charge in [0.2, 0.25) is 5.91 Å². The average molecular weight is 274 g/mol. The number of imide groups is 1. The lowest BCUT2D eigenvalue weighted by Crippen LogP contribution is -2.41. The van der Waals surface area contributed by atoms with Crippen LogP contribution >= 0.6 is 11.8 Å². The lowest BCUT2D eigenvalue weighted by atomic mass is 10.3. The van der Waals surface area contributed by atoms with Crippen molar-refractivity contribution in [2.24, 2.45) is 0 Å². The maximum Gasteiger partial charge on any atom is 0.321 e. The summed E-state index contributed by atoms with van der Waals surface area (Å²) in [6, 6.07) is 2.34. The Morgan fingerprint density at radius 2 is 2.00 bits per heavy atom. The molecule has 2 N–H and O–H groups in total. The third-order valence-corrected chi connectivity index (χ3v) is 3.16. The predicted octanol–water partition coefficient (Wildman–Crippen LogP) is 1.90. The van der Waals surface area contributed by atoms with E-state index in [1.165, 1.54) is 14.0 Å². The first-order chi connectivity index (χ1) is 8.43. The number of nitrogens with one attached hydrogen (secondary N) is 2. The van der Waals surface area contributed by atoms with Crippen molar-refractivity contribution in [3.05, 3.63) is 29.8 Å². The van der Waals surface area contributed by atoms with Crippen molar-refractivity contribution in [1.82, 2.24) is 10.6 Å². The van der Waals surface area contributed by atoms with Crippen LogP contribution in [0.1, 0.15) is 6.92 Å². The van der Waals surface area contributed by atoms with Gasteiger partial charge in [-0.2, -0.15) is 0 Å². The zero-order valence-corrected chi connectivity index (χ0v) is 10.6. The highest BCUT2D eigenvalue weighted by Crippen LogP contribution is 2.26. The molecular weight excluding hydrogens is 262 g/mol. The Kier molecular flexibility index (Phi) is 5.08. The molecule has 0 saturated carbocycles. The van der Waals surface area contributed by atoms with E-state index in [2.05, 4.69) is 10.6 Å². The first-order valence-electron chi connectivity index (χ1n) is 5.08. The Balaban J connectivity index is 2.69. The van der Waals surface area contributed by atoms with Crippen molar-refractivity contribution in [2.75, 3.05) is 7.05 Å². The fraction of sp³-hybridized carbons (Fsp3) is 0.273. The number of hydrogen-bond acceptors (Lipinski definition) is 3. The Morgan fingerprint density at radius 1 is 1.33 bits per heavy atom. The molecule has 0 bridgehead atoms. The van der Waals surface area contributed by atoms with Crippen LogP contribution in [0.4, 0.5) is 13.6 Å². The van der Waals surface area contributed by atoms with E-state index in [1.807, 2.05) is 0 Å². The van der Waals surface area contributed by atoms with E-state index in [9.17, 15) is 18.4 Å². The molecule has 0 spiro atoms. The van der Waals surface area contributed by atoms with Crippen molar-refractivity contribution in [1.29, 1.82) is 0 Å². The molecule has 1 rings (SSSR count). The summed E-state index contributed by atoms with van der Waals surface area (Å²) in [6.07, 6.45) is 0. The Labute approximate surface area is 107 Å². The van der Waals surface area contributed by atoms with Crippen molar-refractivity contribution in [3.8, 4) is 0 Å². The molecule has 0 aliphatic carbocycles. The normalized spacial score (nSPS) is 11.8. The van der Waals surface area contributed by atoms with E-state index in [0.29, 0.717) is 0 Å². The Hall–Kier alpha value is -1.63. The predicted molar refractivity (Wildman–Crippen MR) is 64.3 cm³/mol. The first kappa shape index (κ1) is 14.4. The molecule has 3 amide bonds. The van der Waals surface area contributed by atoms with Crippen molar-refractivity contribution in [2.45, 2.75) is 17.1 Å². The molecule has 0 radical (unpaired) electrons. The van der Waals surface area contributed by atoms with Gasteiger partial charge in [0.15, 0.2) is 0 Å². The summed E-state index contributed by atoms with van der Waals surface area (Å²) in [4.78, 5) is 22.4. The van der Waals surface area contributed by atoms with E-state index in [-0.39, 0.29) is 4.90 Å². The number of urea groups is 1. The topological polar surface area (TPSA) is 58.2 Å². The molecule has 0 heterocycles. The number of halogens is 2. The molecule has 0 aliphatic rings. The fourth-order valence-corrected chi connectivity index (χ4v) is 2.00. The van der Waals surface area contributed by atoms with E-state index in [1.54, 1.807) is 0 Å². The van der Waals surface area contributed by atoms with Gasteiger partial charge in [0.1, 0.15) is 11.6 Å². The van der Waals surface area contributed by atoms with Crippen LogP contribution in [0.2, 0.25) is 0 Å². The monoisotopic (exact) mass is 274 g/mol. The second-order valence-corrected chi connectivity index (χ2v) is 4.79. The van der Waals surface area contributed by atoms with Crippen LogP contribution in [0.5, 0.6) is 0 Å². The number of carbonyl (C=O) groups is 2. The number of thioether (sulfide) groups is 1. The minimum Gasteiger partial charge on any atom is -0.341 e. The highest BCUT2D eigenvalue weighted by atomic mass is 32.2. The molecule has 4 nitrogen and oxygen atoms in total. The van der Waals surface area contributed by atoms with Crippen LogP contribution in [-0.4, -0.2) is 24.2 Å². The maximum absolute atomic E-state index is 13.3. The lowest BCUT2D eigenvalue weighted by molar-refractivity contribution is -0.119. The smallest absolute Gasteiger partial charge is 0.321 e. The summed E-state index contributed by atoms with van der Waals surface area (Å²) in [7, 11) is 1.37. The number of benzene rings is 1. The number of carbonyl (C=O) groups excluding carboxylic acids is 2. The highest BCUT2D eigenvalue weighted by molar-refractivity contribution is 8.00. The van der Waals surface area contributed by atoms with Crippen LogP contribution in [0.25, 0.3) is 0 Å². The van der Waals surface area contributed by atoms with Gasteiger partial charge in [-0.05, 0) is 25.1 Å². The molecule has 1 atom stereocenters. The summed E-state index contributed by atoms with van der Waals surface area (Å²) in [6.45, 7) is 1.49. The minimum atomic E-state index is -0.724. The average Bonchev–Trinajstić information content (AvgIpc) is 2.33. The van der Waals surface area contributed by atoms with Crippen molar-refractivity contribution in [3.63, 3.8) is 0 Å². The Morgan fingerprint density at radius 3 is 2.61 bits per heavy atom. The molecule has 1 aromatic carbocycles. The maximum atomic E-state index is 13.3. The van der Waals surface area contributed by atoms with E-state index >= 15 is 0 Å². The molecule has 0 fully saturated rings. The second kappa shape index (κ2) is 6.34. The van der Waals surface area contributed by atoms with Crippen LogP contribution < -0.4 is 10.6 Å². The van der Waals surface area contributed by atoms with Gasteiger partial charge in [-0.1, -0.05) is 0 Å². The van der Waals surface area contributed by atoms with Gasteiger partial charge >= 0.3 is 6.03 Å². The summed E-state index contributed by atoms with van der Waals surface area (Å²) >= 11 is 0.838. The molecule has 98 valence electrons. The standard InChI is InChI=1S/C11H12F2N2O2S/c1-6(10(16)15-11(17)14-2)18-9-5-7(12)3-4-8(9)13/h3-6H,1-2H3,(H2,14,15,16,17). The summed E-state index contributed by atoms with van der Waals surface area (Å²) in [5.41, 5.74) is 0.